The van der Waals surface area contributed by atoms with Crippen LogP contribution >= 0.6 is 11.6 Å². The molecule has 0 radical (unpaired) electrons. The Hall–Kier alpha value is -3.70. The van der Waals surface area contributed by atoms with Gasteiger partial charge in [-0.05, 0) is 31.2 Å². The minimum atomic E-state index is -1.40. The van der Waals surface area contributed by atoms with Gasteiger partial charge in [-0.2, -0.15) is 5.26 Å². The van der Waals surface area contributed by atoms with Crippen LogP contribution in [0, 0.1) is 17.1 Å². The van der Waals surface area contributed by atoms with Crippen molar-refractivity contribution in [3.63, 3.8) is 0 Å². The fourth-order valence-corrected chi connectivity index (χ4v) is 3.18. The Bertz CT molecular complexity index is 1220. The van der Waals surface area contributed by atoms with E-state index < -0.39 is 22.8 Å². The summed E-state index contributed by atoms with van der Waals surface area (Å²) in [5.41, 5.74) is -0.0875. The Balaban J connectivity index is 2.15. The Labute approximate surface area is 175 Å². The quantitative estimate of drug-likeness (QED) is 0.640. The molecular formula is C21H15ClFN3O4. The van der Waals surface area contributed by atoms with E-state index in [4.69, 9.17) is 21.6 Å². The maximum absolute atomic E-state index is 13.0. The lowest BCUT2D eigenvalue weighted by Gasteiger charge is -2.20. The van der Waals surface area contributed by atoms with Gasteiger partial charge in [0, 0.05) is 18.2 Å². The summed E-state index contributed by atoms with van der Waals surface area (Å²) < 4.78 is 20.3. The molecule has 3 rings (SSSR count). The number of benzene rings is 1. The van der Waals surface area contributed by atoms with Crippen LogP contribution in [0.1, 0.15) is 28.5 Å². The van der Waals surface area contributed by atoms with E-state index in [-0.39, 0.29) is 35.3 Å². The van der Waals surface area contributed by atoms with Gasteiger partial charge in [0.25, 0.3) is 0 Å². The summed E-state index contributed by atoms with van der Waals surface area (Å²) in [6.45, 7) is 1.98. The third-order valence-corrected chi connectivity index (χ3v) is 4.64. The van der Waals surface area contributed by atoms with E-state index >= 15 is 0 Å². The molecule has 7 nitrogen and oxygen atoms in total. The highest BCUT2D eigenvalue weighted by atomic mass is 35.5. The van der Waals surface area contributed by atoms with Crippen molar-refractivity contribution in [2.45, 2.75) is 20.1 Å². The number of ether oxygens (including phenoxy) is 1. The molecule has 0 unspecified atom stereocenters. The van der Waals surface area contributed by atoms with E-state index in [1.807, 2.05) is 6.07 Å². The van der Waals surface area contributed by atoms with Crippen LogP contribution in [0.25, 0.3) is 11.3 Å². The van der Waals surface area contributed by atoms with Gasteiger partial charge in [-0.3, -0.25) is 9.78 Å². The van der Waals surface area contributed by atoms with Gasteiger partial charge in [0.15, 0.2) is 5.88 Å². The van der Waals surface area contributed by atoms with Gasteiger partial charge in [-0.1, -0.05) is 17.7 Å². The van der Waals surface area contributed by atoms with Crippen LogP contribution in [0.5, 0.6) is 5.88 Å². The number of nitrogens with zero attached hydrogens (tertiary/aromatic N) is 3. The van der Waals surface area contributed by atoms with E-state index in [1.54, 1.807) is 6.92 Å². The molecule has 3 aromatic rings. The van der Waals surface area contributed by atoms with Crippen molar-refractivity contribution in [3.8, 4) is 23.2 Å². The number of hydrogen-bond donors (Lipinski definition) is 1. The van der Waals surface area contributed by atoms with Crippen molar-refractivity contribution in [2.75, 3.05) is 0 Å². The first kappa shape index (κ1) is 21.0. The number of rotatable bonds is 6. The second-order valence-corrected chi connectivity index (χ2v) is 6.59. The van der Waals surface area contributed by atoms with Crippen LogP contribution in [0.3, 0.4) is 0 Å². The van der Waals surface area contributed by atoms with Crippen LogP contribution < -0.4 is 10.2 Å². The largest absolute Gasteiger partial charge is 0.477 e. The predicted molar refractivity (Wildman–Crippen MR) is 107 cm³/mol. The summed E-state index contributed by atoms with van der Waals surface area (Å²) in [6, 6.07) is 10.1. The maximum Gasteiger partial charge on any atom is 0.341 e. The normalized spacial score (nSPS) is 10.5. The number of aromatic carboxylic acids is 1. The van der Waals surface area contributed by atoms with E-state index in [0.717, 1.165) is 12.3 Å². The minimum Gasteiger partial charge on any atom is -0.477 e. The molecule has 2 heterocycles. The Kier molecular flexibility index (Phi) is 6.14. The molecule has 1 N–H and O–H groups in total. The highest BCUT2D eigenvalue weighted by molar-refractivity contribution is 6.32. The fourth-order valence-electron chi connectivity index (χ4n) is 2.96. The molecule has 0 fully saturated rings. The van der Waals surface area contributed by atoms with Crippen LogP contribution in [0.4, 0.5) is 4.39 Å². The molecule has 0 saturated carbocycles. The van der Waals surface area contributed by atoms with Crippen molar-refractivity contribution in [3.05, 3.63) is 80.5 Å². The van der Waals surface area contributed by atoms with Gasteiger partial charge >= 0.3 is 5.97 Å². The average molecular weight is 428 g/mol. The topological polar surface area (TPSA) is 105 Å². The van der Waals surface area contributed by atoms with Gasteiger partial charge in [0.1, 0.15) is 24.1 Å². The zero-order valence-corrected chi connectivity index (χ0v) is 16.5. The van der Waals surface area contributed by atoms with Crippen molar-refractivity contribution < 1.29 is 19.0 Å². The lowest BCUT2D eigenvalue weighted by molar-refractivity contribution is 0.0695. The summed E-state index contributed by atoms with van der Waals surface area (Å²) in [5, 5.41) is 18.8. The van der Waals surface area contributed by atoms with Crippen molar-refractivity contribution in [2.24, 2.45) is 0 Å². The maximum atomic E-state index is 13.0. The number of carboxylic acid groups (broad SMARTS) is 1. The third kappa shape index (κ3) is 4.16. The lowest BCUT2D eigenvalue weighted by Crippen LogP contribution is -2.22. The van der Waals surface area contributed by atoms with Crippen LogP contribution in [-0.4, -0.2) is 20.6 Å². The molecule has 9 heteroatoms. The monoisotopic (exact) mass is 427 g/mol. The minimum absolute atomic E-state index is 0.0558. The van der Waals surface area contributed by atoms with Crippen molar-refractivity contribution >= 4 is 17.6 Å². The van der Waals surface area contributed by atoms with Crippen LogP contribution in [0.15, 0.2) is 47.4 Å². The van der Waals surface area contributed by atoms with Crippen LogP contribution in [-0.2, 0) is 13.2 Å². The molecule has 30 heavy (non-hydrogen) atoms. The summed E-state index contributed by atoms with van der Waals surface area (Å²) in [6.07, 6.45) is 1.04. The standard InChI is InChI=1S/C21H15ClFN3O4/c1-2-26-18(30-11-15-6-5-14(23)10-25-15)8-17(27)19(21(28)29)20(26)12-3-4-13(9-24)16(22)7-12/h3-8,10H,2,11H2,1H3,(H,28,29). The van der Waals surface area contributed by atoms with Gasteiger partial charge in [0.2, 0.25) is 5.43 Å². The number of carbonyl (C=O) groups is 1. The highest BCUT2D eigenvalue weighted by Gasteiger charge is 2.23. The number of pyridine rings is 2. The summed E-state index contributed by atoms with van der Waals surface area (Å²) in [5.74, 6) is -1.77. The number of hydrogen-bond acceptors (Lipinski definition) is 5. The SMILES string of the molecule is CCn1c(OCc2ccc(F)cn2)cc(=O)c(C(=O)O)c1-c1ccc(C#N)c(Cl)c1. The van der Waals surface area contributed by atoms with Crippen LogP contribution in [0.2, 0.25) is 5.02 Å². The van der Waals surface area contributed by atoms with Gasteiger partial charge in [0.05, 0.1) is 28.2 Å². The summed E-state index contributed by atoms with van der Waals surface area (Å²) >= 11 is 6.11. The Morgan fingerprint density at radius 1 is 1.33 bits per heavy atom. The zero-order valence-electron chi connectivity index (χ0n) is 15.7. The van der Waals surface area contributed by atoms with Crippen molar-refractivity contribution in [1.29, 1.82) is 5.26 Å². The first-order valence-corrected chi connectivity index (χ1v) is 9.17. The summed E-state index contributed by atoms with van der Waals surface area (Å²) in [4.78, 5) is 28.3. The zero-order chi connectivity index (χ0) is 21.8. The molecule has 152 valence electrons. The highest BCUT2D eigenvalue weighted by Crippen LogP contribution is 2.30. The molecule has 0 spiro atoms. The van der Waals surface area contributed by atoms with E-state index in [0.29, 0.717) is 11.3 Å². The lowest BCUT2D eigenvalue weighted by atomic mass is 10.0. The number of aromatic nitrogens is 2. The summed E-state index contributed by atoms with van der Waals surface area (Å²) in [7, 11) is 0. The van der Waals surface area contributed by atoms with Gasteiger partial charge in [-0.25, -0.2) is 9.18 Å². The van der Waals surface area contributed by atoms with E-state index in [2.05, 4.69) is 4.98 Å². The predicted octanol–water partition coefficient (Wildman–Crippen LogP) is 3.87. The van der Waals surface area contributed by atoms with E-state index in [1.165, 1.54) is 34.9 Å². The smallest absolute Gasteiger partial charge is 0.341 e. The van der Waals surface area contributed by atoms with Gasteiger partial charge < -0.3 is 14.4 Å². The van der Waals surface area contributed by atoms with Crippen molar-refractivity contribution in [1.82, 2.24) is 9.55 Å². The fraction of sp³-hybridized carbons (Fsp3) is 0.143. The van der Waals surface area contributed by atoms with Gasteiger partial charge in [-0.15, -0.1) is 0 Å². The molecular weight excluding hydrogens is 413 g/mol. The van der Waals surface area contributed by atoms with E-state index in [9.17, 15) is 19.1 Å². The molecule has 0 amide bonds. The Morgan fingerprint density at radius 2 is 2.10 bits per heavy atom. The Morgan fingerprint density at radius 3 is 2.67 bits per heavy atom. The first-order valence-electron chi connectivity index (χ1n) is 8.80. The third-order valence-electron chi connectivity index (χ3n) is 4.32. The number of nitriles is 1. The molecule has 2 aromatic heterocycles. The number of halogens is 2. The molecule has 0 atom stereocenters. The molecule has 0 saturated heterocycles. The molecule has 0 aliphatic heterocycles. The second-order valence-electron chi connectivity index (χ2n) is 6.18. The number of carboxylic acids is 1. The molecule has 0 aliphatic rings. The second kappa shape index (κ2) is 8.76. The molecule has 1 aromatic carbocycles. The average Bonchev–Trinajstić information content (AvgIpc) is 2.72. The molecule has 0 aliphatic carbocycles. The molecule has 0 bridgehead atoms. The first-order chi connectivity index (χ1) is 14.3.